The zero-order valence-corrected chi connectivity index (χ0v) is 10.7. The molecule has 0 radical (unpaired) electrons. The van der Waals surface area contributed by atoms with Crippen molar-refractivity contribution >= 4 is 26.9 Å². The molecule has 0 aromatic heterocycles. The SMILES string of the molecule is CCOc1ccc(S(=O)(=O)NCC(=O)Cl)cc1. The second-order valence-corrected chi connectivity index (χ2v) is 5.27. The number of hydrogen-bond acceptors (Lipinski definition) is 4. The average Bonchev–Trinajstić information content (AvgIpc) is 2.28. The van der Waals surface area contributed by atoms with Gasteiger partial charge in [-0.15, -0.1) is 0 Å². The van der Waals surface area contributed by atoms with Gasteiger partial charge in [0.15, 0.2) is 0 Å². The summed E-state index contributed by atoms with van der Waals surface area (Å²) in [6.45, 7) is 1.90. The molecule has 0 saturated heterocycles. The second-order valence-electron chi connectivity index (χ2n) is 3.08. The van der Waals surface area contributed by atoms with E-state index in [0.717, 1.165) is 0 Å². The number of rotatable bonds is 6. The first-order valence-corrected chi connectivity index (χ1v) is 6.72. The van der Waals surface area contributed by atoms with Crippen molar-refractivity contribution in [3.63, 3.8) is 0 Å². The van der Waals surface area contributed by atoms with E-state index in [0.29, 0.717) is 12.4 Å². The van der Waals surface area contributed by atoms with Gasteiger partial charge in [-0.1, -0.05) is 0 Å². The summed E-state index contributed by atoms with van der Waals surface area (Å²) in [5.74, 6) is 0.583. The molecule has 17 heavy (non-hydrogen) atoms. The highest BCUT2D eigenvalue weighted by molar-refractivity contribution is 7.89. The predicted molar refractivity (Wildman–Crippen MR) is 63.7 cm³/mol. The minimum atomic E-state index is -3.70. The molecule has 1 aromatic carbocycles. The quantitative estimate of drug-likeness (QED) is 0.791. The van der Waals surface area contributed by atoms with E-state index in [2.05, 4.69) is 4.72 Å². The molecule has 94 valence electrons. The molecular weight excluding hydrogens is 266 g/mol. The van der Waals surface area contributed by atoms with Gasteiger partial charge >= 0.3 is 0 Å². The number of hydrogen-bond donors (Lipinski definition) is 1. The Morgan fingerprint density at radius 1 is 1.35 bits per heavy atom. The Hall–Kier alpha value is -1.11. The highest BCUT2D eigenvalue weighted by Crippen LogP contribution is 2.15. The molecule has 0 bridgehead atoms. The summed E-state index contributed by atoms with van der Waals surface area (Å²) in [4.78, 5) is 10.5. The summed E-state index contributed by atoms with van der Waals surface area (Å²) < 4.78 is 30.5. The third-order valence-corrected chi connectivity index (χ3v) is 3.40. The van der Waals surface area contributed by atoms with Gasteiger partial charge in [0.05, 0.1) is 18.0 Å². The minimum Gasteiger partial charge on any atom is -0.494 e. The largest absolute Gasteiger partial charge is 0.494 e. The van der Waals surface area contributed by atoms with Crippen LogP contribution in [0.15, 0.2) is 29.2 Å². The van der Waals surface area contributed by atoms with Crippen molar-refractivity contribution in [2.45, 2.75) is 11.8 Å². The minimum absolute atomic E-state index is 0.0545. The van der Waals surface area contributed by atoms with Gasteiger partial charge in [-0.25, -0.2) is 13.1 Å². The van der Waals surface area contributed by atoms with Gasteiger partial charge in [0.25, 0.3) is 0 Å². The van der Waals surface area contributed by atoms with Crippen molar-refractivity contribution < 1.29 is 17.9 Å². The van der Waals surface area contributed by atoms with E-state index in [-0.39, 0.29) is 4.90 Å². The lowest BCUT2D eigenvalue weighted by Gasteiger charge is -2.06. The van der Waals surface area contributed by atoms with Crippen LogP contribution in [0.5, 0.6) is 5.75 Å². The first-order valence-electron chi connectivity index (χ1n) is 4.86. The number of ether oxygens (including phenoxy) is 1. The summed E-state index contributed by atoms with van der Waals surface area (Å²) in [7, 11) is -3.70. The van der Waals surface area contributed by atoms with Crippen LogP contribution in [-0.2, 0) is 14.8 Å². The number of nitrogens with one attached hydrogen (secondary N) is 1. The Morgan fingerprint density at radius 3 is 2.41 bits per heavy atom. The Balaban J connectivity index is 2.81. The molecular formula is C10H12ClNO4S. The fraction of sp³-hybridized carbons (Fsp3) is 0.300. The van der Waals surface area contributed by atoms with Gasteiger partial charge in [-0.3, -0.25) is 4.79 Å². The molecule has 1 aromatic rings. The maximum absolute atomic E-state index is 11.6. The maximum Gasteiger partial charge on any atom is 0.241 e. The Labute approximate surface area is 105 Å². The number of carbonyl (C=O) groups is 1. The fourth-order valence-corrected chi connectivity index (χ4v) is 2.24. The number of sulfonamides is 1. The molecule has 0 aliphatic heterocycles. The standard InChI is InChI=1S/C10H12ClNO4S/c1-2-16-8-3-5-9(6-4-8)17(14,15)12-7-10(11)13/h3-6,12H,2,7H2,1H3. The molecule has 0 spiro atoms. The molecule has 1 N–H and O–H groups in total. The summed E-state index contributed by atoms with van der Waals surface area (Å²) in [6.07, 6.45) is 0. The second kappa shape index (κ2) is 6.00. The number of carbonyl (C=O) groups excluding carboxylic acids is 1. The van der Waals surface area contributed by atoms with Gasteiger partial charge in [0.2, 0.25) is 15.3 Å². The topological polar surface area (TPSA) is 72.5 Å². The van der Waals surface area contributed by atoms with E-state index in [4.69, 9.17) is 16.3 Å². The van der Waals surface area contributed by atoms with Crippen LogP contribution >= 0.6 is 11.6 Å². The fourth-order valence-electron chi connectivity index (χ4n) is 1.12. The molecule has 5 nitrogen and oxygen atoms in total. The van der Waals surface area contributed by atoms with Crippen molar-refractivity contribution in [2.75, 3.05) is 13.2 Å². The molecule has 1 rings (SSSR count). The predicted octanol–water partition coefficient (Wildman–Crippen LogP) is 1.13. The van der Waals surface area contributed by atoms with Crippen LogP contribution in [0.4, 0.5) is 0 Å². The smallest absolute Gasteiger partial charge is 0.241 e. The van der Waals surface area contributed by atoms with Crippen LogP contribution in [0.1, 0.15) is 6.92 Å². The van der Waals surface area contributed by atoms with E-state index in [1.165, 1.54) is 12.1 Å². The molecule has 0 amide bonds. The van der Waals surface area contributed by atoms with Gasteiger partial charge in [-0.2, -0.15) is 0 Å². The maximum atomic E-state index is 11.6. The van der Waals surface area contributed by atoms with Crippen molar-refractivity contribution in [1.82, 2.24) is 4.72 Å². The van der Waals surface area contributed by atoms with Crippen molar-refractivity contribution in [1.29, 1.82) is 0 Å². The summed E-state index contributed by atoms with van der Waals surface area (Å²) in [5, 5.41) is -0.764. The van der Waals surface area contributed by atoms with Crippen LogP contribution in [0.3, 0.4) is 0 Å². The average molecular weight is 278 g/mol. The first-order chi connectivity index (χ1) is 7.95. The lowest BCUT2D eigenvalue weighted by Crippen LogP contribution is -2.27. The van der Waals surface area contributed by atoms with Gasteiger partial charge in [0.1, 0.15) is 5.75 Å². The van der Waals surface area contributed by atoms with E-state index in [1.54, 1.807) is 12.1 Å². The molecule has 7 heteroatoms. The Kier molecular flexibility index (Phi) is 4.92. The van der Waals surface area contributed by atoms with E-state index >= 15 is 0 Å². The molecule has 0 atom stereocenters. The summed E-state index contributed by atoms with van der Waals surface area (Å²) in [6, 6.07) is 5.87. The third-order valence-electron chi connectivity index (χ3n) is 1.85. The lowest BCUT2D eigenvalue weighted by atomic mass is 10.3. The third kappa shape index (κ3) is 4.33. The molecule has 0 saturated carbocycles. The van der Waals surface area contributed by atoms with E-state index in [9.17, 15) is 13.2 Å². The highest BCUT2D eigenvalue weighted by Gasteiger charge is 2.14. The Bertz CT molecular complexity index is 484. The lowest BCUT2D eigenvalue weighted by molar-refractivity contribution is -0.110. The number of benzene rings is 1. The van der Waals surface area contributed by atoms with Crippen molar-refractivity contribution in [3.05, 3.63) is 24.3 Å². The zero-order chi connectivity index (χ0) is 12.9. The zero-order valence-electron chi connectivity index (χ0n) is 9.14. The van der Waals surface area contributed by atoms with Crippen LogP contribution < -0.4 is 9.46 Å². The van der Waals surface area contributed by atoms with Crippen molar-refractivity contribution in [2.24, 2.45) is 0 Å². The van der Waals surface area contributed by atoms with Gasteiger partial charge < -0.3 is 4.74 Å². The van der Waals surface area contributed by atoms with Gasteiger partial charge in [0, 0.05) is 0 Å². The highest BCUT2D eigenvalue weighted by atomic mass is 35.5. The van der Waals surface area contributed by atoms with Crippen LogP contribution in [0.25, 0.3) is 0 Å². The van der Waals surface area contributed by atoms with Crippen LogP contribution in [-0.4, -0.2) is 26.8 Å². The first kappa shape index (κ1) is 14.0. The van der Waals surface area contributed by atoms with Crippen molar-refractivity contribution in [3.8, 4) is 5.75 Å². The molecule has 0 aliphatic carbocycles. The molecule has 0 aliphatic rings. The molecule has 0 unspecified atom stereocenters. The Morgan fingerprint density at radius 2 is 1.94 bits per heavy atom. The van der Waals surface area contributed by atoms with Crippen LogP contribution in [0, 0.1) is 0 Å². The summed E-state index contributed by atoms with van der Waals surface area (Å²) >= 11 is 5.05. The van der Waals surface area contributed by atoms with Gasteiger partial charge in [-0.05, 0) is 42.8 Å². The number of halogens is 1. The van der Waals surface area contributed by atoms with E-state index < -0.39 is 21.8 Å². The molecule has 0 heterocycles. The van der Waals surface area contributed by atoms with E-state index in [1.807, 2.05) is 6.92 Å². The summed E-state index contributed by atoms with van der Waals surface area (Å²) in [5.41, 5.74) is 0. The van der Waals surface area contributed by atoms with Crippen LogP contribution in [0.2, 0.25) is 0 Å². The monoisotopic (exact) mass is 277 g/mol. The molecule has 0 fully saturated rings. The normalized spacial score (nSPS) is 11.2.